The summed E-state index contributed by atoms with van der Waals surface area (Å²) in [4.78, 5) is 31.4. The first-order valence-electron chi connectivity index (χ1n) is 12.7. The Bertz CT molecular complexity index is 1460. The number of nitrogens with one attached hydrogen (secondary N) is 2. The predicted octanol–water partition coefficient (Wildman–Crippen LogP) is 2.29. The van der Waals surface area contributed by atoms with Crippen molar-refractivity contribution < 1.29 is 13.9 Å². The highest BCUT2D eigenvalue weighted by Gasteiger charge is 2.12. The van der Waals surface area contributed by atoms with Crippen molar-refractivity contribution >= 4 is 22.5 Å². The van der Waals surface area contributed by atoms with Crippen molar-refractivity contribution in [2.45, 2.75) is 13.0 Å². The highest BCUT2D eigenvalue weighted by atomic mass is 19.1. The second-order valence-electron chi connectivity index (χ2n) is 9.06. The van der Waals surface area contributed by atoms with Crippen LogP contribution in [0.2, 0.25) is 0 Å². The molecule has 11 heteroatoms. The van der Waals surface area contributed by atoms with E-state index in [4.69, 9.17) is 4.74 Å². The Morgan fingerprint density at radius 1 is 1.03 bits per heavy atom. The number of aromatic nitrogens is 4. The van der Waals surface area contributed by atoms with Gasteiger partial charge in [-0.05, 0) is 55.4 Å². The maximum absolute atomic E-state index is 13.8. The molecule has 0 bridgehead atoms. The van der Waals surface area contributed by atoms with E-state index >= 15 is 0 Å². The summed E-state index contributed by atoms with van der Waals surface area (Å²) < 4.78 is 22.2. The molecule has 4 aromatic rings. The third kappa shape index (κ3) is 6.24. The van der Waals surface area contributed by atoms with Crippen molar-refractivity contribution in [3.8, 4) is 5.82 Å². The van der Waals surface area contributed by atoms with E-state index < -0.39 is 0 Å². The zero-order valence-electron chi connectivity index (χ0n) is 21.0. The Hall–Kier alpha value is -4.09. The van der Waals surface area contributed by atoms with Crippen LogP contribution in [0.1, 0.15) is 16.9 Å². The molecule has 0 unspecified atom stereocenters. The molecule has 2 N–H and O–H groups in total. The number of morpholine rings is 1. The lowest BCUT2D eigenvalue weighted by Crippen LogP contribution is -2.38. The molecule has 1 amide bonds. The number of halogens is 1. The molecule has 1 aliphatic rings. The molecule has 1 saturated heterocycles. The maximum Gasteiger partial charge on any atom is 0.269 e. The van der Waals surface area contributed by atoms with E-state index in [1.165, 1.54) is 22.9 Å². The zero-order valence-corrected chi connectivity index (χ0v) is 21.0. The van der Waals surface area contributed by atoms with Gasteiger partial charge in [0.15, 0.2) is 5.82 Å². The van der Waals surface area contributed by atoms with Gasteiger partial charge in [-0.2, -0.15) is 5.10 Å². The summed E-state index contributed by atoms with van der Waals surface area (Å²) in [7, 11) is 0. The zero-order chi connectivity index (χ0) is 26.3. The van der Waals surface area contributed by atoms with Gasteiger partial charge in [0.05, 0.1) is 25.3 Å². The number of hydrogen-bond donors (Lipinski definition) is 2. The molecule has 198 valence electrons. The van der Waals surface area contributed by atoms with Gasteiger partial charge in [0, 0.05) is 55.7 Å². The molecule has 0 spiro atoms. The first-order valence-corrected chi connectivity index (χ1v) is 12.7. The highest BCUT2D eigenvalue weighted by Crippen LogP contribution is 2.20. The highest BCUT2D eigenvalue weighted by molar-refractivity contribution is 5.93. The average Bonchev–Trinajstić information content (AvgIpc) is 3.36. The van der Waals surface area contributed by atoms with Crippen molar-refractivity contribution in [2.75, 3.05) is 51.3 Å². The van der Waals surface area contributed by atoms with Crippen LogP contribution in [0.15, 0.2) is 65.7 Å². The van der Waals surface area contributed by atoms with Crippen molar-refractivity contribution in [1.29, 1.82) is 0 Å². The third-order valence-corrected chi connectivity index (χ3v) is 6.44. The number of nitrogens with zero attached hydrogens (tertiary/aromatic N) is 5. The molecule has 0 aliphatic carbocycles. The standard InChI is InChI=1S/C27H30FN7O3/c28-21-3-2-20-7-12-34(24(20)18-21)25-4-5-26(36)35(32-25)13-10-29-22-6-9-30-23(19-22)27(37)31-8-1-11-33-14-16-38-17-15-33/h2-7,9,12,18-19H,1,8,10-11,13-17H2,(H,29,30)(H,31,37). The fourth-order valence-electron chi connectivity index (χ4n) is 4.42. The molecule has 38 heavy (non-hydrogen) atoms. The van der Waals surface area contributed by atoms with Gasteiger partial charge in [-0.1, -0.05) is 0 Å². The summed E-state index contributed by atoms with van der Waals surface area (Å²) in [6, 6.07) is 12.9. The molecule has 1 fully saturated rings. The van der Waals surface area contributed by atoms with Gasteiger partial charge >= 0.3 is 0 Å². The molecule has 1 aliphatic heterocycles. The summed E-state index contributed by atoms with van der Waals surface area (Å²) >= 11 is 0. The number of ether oxygens (including phenoxy) is 1. The van der Waals surface area contributed by atoms with Crippen LogP contribution in [0, 0.1) is 5.82 Å². The molecule has 1 aromatic carbocycles. The molecule has 10 nitrogen and oxygen atoms in total. The van der Waals surface area contributed by atoms with Crippen LogP contribution in [-0.4, -0.2) is 76.1 Å². The summed E-state index contributed by atoms with van der Waals surface area (Å²) in [5.74, 6) is -0.0494. The largest absolute Gasteiger partial charge is 0.383 e. The first-order chi connectivity index (χ1) is 18.6. The molecular formula is C27H30FN7O3. The Balaban J connectivity index is 1.15. The van der Waals surface area contributed by atoms with Gasteiger partial charge < -0.3 is 15.4 Å². The number of fused-ring (bicyclic) bond motifs is 1. The van der Waals surface area contributed by atoms with Gasteiger partial charge in [0.25, 0.3) is 11.5 Å². The summed E-state index contributed by atoms with van der Waals surface area (Å²) in [6.07, 6.45) is 4.23. The van der Waals surface area contributed by atoms with Gasteiger partial charge in [-0.3, -0.25) is 24.0 Å². The first kappa shape index (κ1) is 25.6. The minimum absolute atomic E-state index is 0.225. The second-order valence-corrected chi connectivity index (χ2v) is 9.06. The molecule has 0 radical (unpaired) electrons. The topological polar surface area (TPSA) is 106 Å². The Morgan fingerprint density at radius 2 is 1.89 bits per heavy atom. The van der Waals surface area contributed by atoms with Crippen molar-refractivity contribution in [2.24, 2.45) is 0 Å². The lowest BCUT2D eigenvalue weighted by molar-refractivity contribution is 0.0374. The summed E-state index contributed by atoms with van der Waals surface area (Å²) in [5.41, 5.74) is 1.47. The summed E-state index contributed by atoms with van der Waals surface area (Å²) in [6.45, 7) is 5.58. The van der Waals surface area contributed by atoms with E-state index in [0.717, 1.165) is 50.3 Å². The van der Waals surface area contributed by atoms with Crippen molar-refractivity contribution in [3.63, 3.8) is 0 Å². The van der Waals surface area contributed by atoms with Crippen LogP contribution < -0.4 is 16.2 Å². The monoisotopic (exact) mass is 519 g/mol. The summed E-state index contributed by atoms with van der Waals surface area (Å²) in [5, 5.41) is 11.5. The third-order valence-electron chi connectivity index (χ3n) is 6.44. The second kappa shape index (κ2) is 12.0. The van der Waals surface area contributed by atoms with E-state index in [0.29, 0.717) is 36.7 Å². The fraction of sp³-hybridized carbons (Fsp3) is 0.333. The number of benzene rings is 1. The number of rotatable bonds is 10. The van der Waals surface area contributed by atoms with Gasteiger partial charge in [-0.15, -0.1) is 0 Å². The normalized spacial score (nSPS) is 14.0. The minimum Gasteiger partial charge on any atom is -0.383 e. The minimum atomic E-state index is -0.339. The van der Waals surface area contributed by atoms with E-state index in [9.17, 15) is 14.0 Å². The number of anilines is 1. The molecule has 4 heterocycles. The Labute approximate surface area is 219 Å². The quantitative estimate of drug-likeness (QED) is 0.310. The maximum atomic E-state index is 13.8. The molecule has 3 aromatic heterocycles. The SMILES string of the molecule is O=C(NCCCN1CCOCC1)c1cc(NCCn2nc(-n3ccc4ccc(F)cc43)ccc2=O)ccn1. The van der Waals surface area contributed by atoms with Gasteiger partial charge in [-0.25, -0.2) is 9.07 Å². The number of carbonyl (C=O) groups is 1. The van der Waals surface area contributed by atoms with Crippen LogP contribution in [0.5, 0.6) is 0 Å². The average molecular weight is 520 g/mol. The Morgan fingerprint density at radius 3 is 2.76 bits per heavy atom. The van der Waals surface area contributed by atoms with Crippen molar-refractivity contribution in [1.82, 2.24) is 29.5 Å². The lowest BCUT2D eigenvalue weighted by Gasteiger charge is -2.26. The van der Waals surface area contributed by atoms with Crippen LogP contribution in [0.3, 0.4) is 0 Å². The number of carbonyl (C=O) groups excluding carboxylic acids is 1. The predicted molar refractivity (Wildman–Crippen MR) is 142 cm³/mol. The van der Waals surface area contributed by atoms with Gasteiger partial charge in [0.1, 0.15) is 11.5 Å². The van der Waals surface area contributed by atoms with Crippen LogP contribution in [-0.2, 0) is 11.3 Å². The van der Waals surface area contributed by atoms with Crippen molar-refractivity contribution in [3.05, 3.63) is 82.8 Å². The van der Waals surface area contributed by atoms with E-state index in [1.54, 1.807) is 41.2 Å². The lowest BCUT2D eigenvalue weighted by atomic mass is 10.2. The number of amides is 1. The van der Waals surface area contributed by atoms with Crippen LogP contribution in [0.25, 0.3) is 16.7 Å². The molecular weight excluding hydrogens is 489 g/mol. The fourth-order valence-corrected chi connectivity index (χ4v) is 4.42. The number of hydrogen-bond acceptors (Lipinski definition) is 7. The molecule has 5 rings (SSSR count). The smallest absolute Gasteiger partial charge is 0.269 e. The van der Waals surface area contributed by atoms with Crippen LogP contribution >= 0.6 is 0 Å². The number of pyridine rings is 1. The molecule has 0 saturated carbocycles. The van der Waals surface area contributed by atoms with Crippen LogP contribution in [0.4, 0.5) is 10.1 Å². The van der Waals surface area contributed by atoms with E-state index in [-0.39, 0.29) is 17.3 Å². The van der Waals surface area contributed by atoms with E-state index in [1.807, 2.05) is 6.07 Å². The molecule has 0 atom stereocenters. The van der Waals surface area contributed by atoms with E-state index in [2.05, 4.69) is 25.6 Å². The van der Waals surface area contributed by atoms with Gasteiger partial charge in [0.2, 0.25) is 0 Å². The Kier molecular flexibility index (Phi) is 8.05.